The highest BCUT2D eigenvalue weighted by atomic mass is 16.6. The molecule has 0 N–H and O–H groups in total. The number of rotatable bonds is 24. The third-order valence-corrected chi connectivity index (χ3v) is 14.6. The monoisotopic (exact) mass is 859 g/mol. The number of hydrogen-bond acceptors (Lipinski definition) is 11. The summed E-state index contributed by atoms with van der Waals surface area (Å²) in [6.45, 7) is 5.69. The number of carbonyl (C=O) groups is 3. The Morgan fingerprint density at radius 1 is 0.468 bits per heavy atom. The molecule has 0 aromatic carbocycles. The van der Waals surface area contributed by atoms with Crippen LogP contribution in [-0.4, -0.2) is 63.1 Å². The summed E-state index contributed by atoms with van der Waals surface area (Å²) in [5, 5.41) is 0. The molecule has 2 heterocycles. The van der Waals surface area contributed by atoms with Crippen LogP contribution in [0.1, 0.15) is 217 Å². The third-order valence-electron chi connectivity index (χ3n) is 14.6. The lowest BCUT2D eigenvalue weighted by molar-refractivity contribution is -0.135. The summed E-state index contributed by atoms with van der Waals surface area (Å²) in [4.78, 5) is 53.2. The third kappa shape index (κ3) is 16.7. The molecule has 6 rings (SSSR count). The van der Waals surface area contributed by atoms with Crippen molar-refractivity contribution in [2.75, 3.05) is 13.2 Å². The van der Waals surface area contributed by atoms with Gasteiger partial charge in [-0.1, -0.05) is 65.2 Å². The smallest absolute Gasteiger partial charge is 0.324 e. The number of hydrogen-bond donors (Lipinski definition) is 0. The maximum atomic E-state index is 12.7. The molecule has 4 fully saturated rings. The summed E-state index contributed by atoms with van der Waals surface area (Å²) in [6.07, 6.45) is 37.8. The van der Waals surface area contributed by atoms with Gasteiger partial charge in [-0.25, -0.2) is 19.9 Å². The van der Waals surface area contributed by atoms with Crippen LogP contribution in [0.4, 0.5) is 0 Å². The molecule has 0 atom stereocenters. The summed E-state index contributed by atoms with van der Waals surface area (Å²) in [7, 11) is 0. The molecule has 0 aliphatic heterocycles. The molecular formula is C51H78N4O7. The standard InChI is InChI=1S/C51H78N4O7/c1-3-9-48(57)61-50-52-31-43(32-53-50)41-23-27-46(28-24-41)59-35-39-19-15-37(16-20-39)11-5-7-13-45(56)14-8-6-12-38-17-21-40(22-18-38)36-60-47-29-25-42(26-30-47)44-33-54-51(55-34-44)62-49(58)10-4-2/h31-34,37-42,46-47H,3-30,35-36H2,1-2H3. The zero-order chi connectivity index (χ0) is 43.4. The molecule has 4 aliphatic carbocycles. The Hall–Kier alpha value is -3.31. The van der Waals surface area contributed by atoms with Gasteiger partial charge in [0.2, 0.25) is 0 Å². The van der Waals surface area contributed by atoms with Crippen LogP contribution < -0.4 is 9.47 Å². The van der Waals surface area contributed by atoms with Crippen LogP contribution in [0.2, 0.25) is 0 Å². The van der Waals surface area contributed by atoms with Crippen LogP contribution in [0.15, 0.2) is 24.8 Å². The first-order valence-electron chi connectivity index (χ1n) is 25.1. The van der Waals surface area contributed by atoms with Gasteiger partial charge in [0.05, 0.1) is 12.2 Å². The van der Waals surface area contributed by atoms with E-state index in [1.807, 2.05) is 38.6 Å². The molecule has 0 amide bonds. The molecular weight excluding hydrogens is 781 g/mol. The highest BCUT2D eigenvalue weighted by molar-refractivity contribution is 5.78. The van der Waals surface area contributed by atoms with E-state index in [0.717, 1.165) is 126 Å². The normalized spacial score (nSPS) is 26.7. The summed E-state index contributed by atoms with van der Waals surface area (Å²) in [6, 6.07) is 0.299. The molecule has 0 bridgehead atoms. The van der Waals surface area contributed by atoms with Crippen molar-refractivity contribution in [2.45, 2.75) is 218 Å². The van der Waals surface area contributed by atoms with E-state index in [1.165, 1.54) is 77.0 Å². The zero-order valence-electron chi connectivity index (χ0n) is 38.3. The fourth-order valence-corrected chi connectivity index (χ4v) is 10.6. The molecule has 0 unspecified atom stereocenters. The van der Waals surface area contributed by atoms with Crippen LogP contribution in [0.5, 0.6) is 12.0 Å². The van der Waals surface area contributed by atoms with E-state index in [0.29, 0.717) is 54.5 Å². The van der Waals surface area contributed by atoms with Crippen molar-refractivity contribution in [3.8, 4) is 12.0 Å². The van der Waals surface area contributed by atoms with Crippen molar-refractivity contribution >= 4 is 17.7 Å². The van der Waals surface area contributed by atoms with Gasteiger partial charge in [-0.15, -0.1) is 0 Å². The molecule has 344 valence electrons. The first kappa shape index (κ1) is 48.2. The van der Waals surface area contributed by atoms with E-state index in [2.05, 4.69) is 19.9 Å². The van der Waals surface area contributed by atoms with Crippen molar-refractivity contribution in [3.05, 3.63) is 35.9 Å². The van der Waals surface area contributed by atoms with E-state index in [1.54, 1.807) is 0 Å². The Balaban J connectivity index is 0.712. The molecule has 4 aliphatic rings. The molecule has 2 aromatic rings. The number of Topliss-reactive ketones (excluding diaryl/α,β-unsaturated/α-hetero) is 1. The van der Waals surface area contributed by atoms with Gasteiger partial charge in [0.1, 0.15) is 5.78 Å². The quantitative estimate of drug-likeness (QED) is 0.0736. The highest BCUT2D eigenvalue weighted by Crippen LogP contribution is 2.38. The maximum absolute atomic E-state index is 12.7. The summed E-state index contributed by atoms with van der Waals surface area (Å²) in [5.41, 5.74) is 2.25. The van der Waals surface area contributed by atoms with Gasteiger partial charge in [-0.3, -0.25) is 14.4 Å². The number of esters is 2. The van der Waals surface area contributed by atoms with Gasteiger partial charge in [-0.2, -0.15) is 0 Å². The molecule has 62 heavy (non-hydrogen) atoms. The van der Waals surface area contributed by atoms with Crippen molar-refractivity contribution in [1.82, 2.24) is 19.9 Å². The van der Waals surface area contributed by atoms with E-state index >= 15 is 0 Å². The molecule has 4 saturated carbocycles. The first-order chi connectivity index (χ1) is 30.3. The van der Waals surface area contributed by atoms with Crippen molar-refractivity contribution in [1.29, 1.82) is 0 Å². The fourth-order valence-electron chi connectivity index (χ4n) is 10.6. The minimum Gasteiger partial charge on any atom is -0.391 e. The van der Waals surface area contributed by atoms with Crippen LogP contribution >= 0.6 is 0 Å². The number of carbonyl (C=O) groups excluding carboxylic acids is 3. The Morgan fingerprint density at radius 2 is 0.823 bits per heavy atom. The summed E-state index contributed by atoms with van der Waals surface area (Å²) in [5.74, 6) is 3.81. The Morgan fingerprint density at radius 3 is 1.18 bits per heavy atom. The molecule has 0 spiro atoms. The minimum absolute atomic E-state index is 0.149. The SMILES string of the molecule is CCCC(=O)Oc1ncc(C2CCC(OCC3CCC(CCCCC(=O)CCCCC4CCC(COC5CCC(c6cnc(OC(=O)CCC)nc6)CC5)CC4)CC3)CC2)cn1. The second kappa shape index (κ2) is 26.5. The van der Waals surface area contributed by atoms with Crippen LogP contribution in [0.3, 0.4) is 0 Å². The number of unbranched alkanes of at least 4 members (excludes halogenated alkanes) is 2. The lowest BCUT2D eigenvalue weighted by Gasteiger charge is -2.32. The van der Waals surface area contributed by atoms with Crippen LogP contribution in [0, 0.1) is 23.7 Å². The van der Waals surface area contributed by atoms with E-state index in [4.69, 9.17) is 18.9 Å². The Kier molecular flexibility index (Phi) is 20.6. The summed E-state index contributed by atoms with van der Waals surface area (Å²) < 4.78 is 23.3. The average molecular weight is 859 g/mol. The fraction of sp³-hybridized carbons (Fsp3) is 0.784. The number of ether oxygens (including phenoxy) is 4. The van der Waals surface area contributed by atoms with Crippen LogP contribution in [0.25, 0.3) is 0 Å². The maximum Gasteiger partial charge on any atom is 0.324 e. The topological polar surface area (TPSA) is 140 Å². The predicted molar refractivity (Wildman–Crippen MR) is 240 cm³/mol. The Bertz CT molecular complexity index is 1470. The van der Waals surface area contributed by atoms with Gasteiger partial charge in [-0.05, 0) is 149 Å². The second-order valence-electron chi connectivity index (χ2n) is 19.5. The average Bonchev–Trinajstić information content (AvgIpc) is 3.30. The first-order valence-corrected chi connectivity index (χ1v) is 25.1. The lowest BCUT2D eigenvalue weighted by Crippen LogP contribution is -2.25. The Labute approximate surface area is 372 Å². The minimum atomic E-state index is -0.280. The van der Waals surface area contributed by atoms with Crippen molar-refractivity contribution < 1.29 is 33.3 Å². The lowest BCUT2D eigenvalue weighted by atomic mass is 9.79. The van der Waals surface area contributed by atoms with Crippen molar-refractivity contribution in [2.24, 2.45) is 23.7 Å². The number of ketones is 1. The zero-order valence-corrected chi connectivity index (χ0v) is 38.3. The molecule has 2 aromatic heterocycles. The van der Waals surface area contributed by atoms with Gasteiger partial charge in [0.15, 0.2) is 0 Å². The molecule has 0 radical (unpaired) electrons. The molecule has 11 heteroatoms. The second-order valence-corrected chi connectivity index (χ2v) is 19.5. The molecule has 0 saturated heterocycles. The van der Waals surface area contributed by atoms with Gasteiger partial charge in [0.25, 0.3) is 0 Å². The van der Waals surface area contributed by atoms with Gasteiger partial charge < -0.3 is 18.9 Å². The van der Waals surface area contributed by atoms with Gasteiger partial charge >= 0.3 is 24.0 Å². The number of nitrogens with zero attached hydrogens (tertiary/aromatic N) is 4. The molecule has 11 nitrogen and oxygen atoms in total. The van der Waals surface area contributed by atoms with Crippen molar-refractivity contribution in [3.63, 3.8) is 0 Å². The van der Waals surface area contributed by atoms with E-state index < -0.39 is 0 Å². The highest BCUT2D eigenvalue weighted by Gasteiger charge is 2.28. The van der Waals surface area contributed by atoms with Gasteiger partial charge in [0, 0.05) is 63.7 Å². The largest absolute Gasteiger partial charge is 0.391 e. The number of aromatic nitrogens is 4. The summed E-state index contributed by atoms with van der Waals surface area (Å²) >= 11 is 0. The predicted octanol–water partition coefficient (Wildman–Crippen LogP) is 11.8. The van der Waals surface area contributed by atoms with E-state index in [-0.39, 0.29) is 24.0 Å². The van der Waals surface area contributed by atoms with Crippen LogP contribution in [-0.2, 0) is 23.9 Å². The van der Waals surface area contributed by atoms with E-state index in [9.17, 15) is 14.4 Å².